The van der Waals surface area contributed by atoms with Gasteiger partial charge in [-0.3, -0.25) is 9.59 Å². The summed E-state index contributed by atoms with van der Waals surface area (Å²) < 4.78 is 12.9. The number of halogens is 1. The number of pyridine rings is 1. The third-order valence-corrected chi connectivity index (χ3v) is 3.59. The lowest BCUT2D eigenvalue weighted by Crippen LogP contribution is -2.28. The third kappa shape index (κ3) is 5.99. The molecule has 0 bridgehead atoms. The van der Waals surface area contributed by atoms with Crippen LogP contribution in [0.5, 0.6) is 0 Å². The highest BCUT2D eigenvalue weighted by molar-refractivity contribution is 5.96. The Balaban J connectivity index is 1.93. The van der Waals surface area contributed by atoms with E-state index in [1.165, 1.54) is 12.1 Å². The maximum absolute atomic E-state index is 12.9. The van der Waals surface area contributed by atoms with Gasteiger partial charge in [-0.05, 0) is 42.2 Å². The number of carbonyl (C=O) groups is 2. The van der Waals surface area contributed by atoms with E-state index in [2.05, 4.69) is 29.5 Å². The van der Waals surface area contributed by atoms with Crippen LogP contribution >= 0.6 is 0 Å². The molecule has 5 nitrogen and oxygen atoms in total. The fraction of sp³-hybridized carbons (Fsp3) is 0.316. The van der Waals surface area contributed by atoms with Gasteiger partial charge in [-0.2, -0.15) is 0 Å². The second-order valence-electron chi connectivity index (χ2n) is 6.16. The normalized spacial score (nSPS) is 10.6. The number of amides is 2. The predicted molar refractivity (Wildman–Crippen MR) is 93.6 cm³/mol. The molecule has 0 radical (unpaired) electrons. The average Bonchev–Trinajstić information content (AvgIpc) is 2.60. The van der Waals surface area contributed by atoms with E-state index in [9.17, 15) is 14.0 Å². The molecule has 0 fully saturated rings. The number of aromatic nitrogens is 1. The third-order valence-electron chi connectivity index (χ3n) is 3.59. The molecule has 6 heteroatoms. The Kier molecular flexibility index (Phi) is 6.62. The first-order chi connectivity index (χ1) is 12.0. The summed E-state index contributed by atoms with van der Waals surface area (Å²) in [5.74, 6) is -0.514. The Morgan fingerprint density at radius 1 is 1.00 bits per heavy atom. The minimum absolute atomic E-state index is 0.165. The maximum Gasteiger partial charge on any atom is 0.270 e. The quantitative estimate of drug-likeness (QED) is 0.812. The molecule has 2 amide bonds. The summed E-state index contributed by atoms with van der Waals surface area (Å²) in [6, 6.07) is 10.6. The van der Waals surface area contributed by atoms with E-state index in [-0.39, 0.29) is 35.6 Å². The summed E-state index contributed by atoms with van der Waals surface area (Å²) >= 11 is 0. The summed E-state index contributed by atoms with van der Waals surface area (Å²) in [6.07, 6.45) is 0.879. The van der Waals surface area contributed by atoms with Gasteiger partial charge in [0.1, 0.15) is 17.2 Å². The molecule has 2 aromatic rings. The highest BCUT2D eigenvalue weighted by Crippen LogP contribution is 2.04. The summed E-state index contributed by atoms with van der Waals surface area (Å²) in [6.45, 7) is 4.98. The van der Waals surface area contributed by atoms with Crippen molar-refractivity contribution in [3.63, 3.8) is 0 Å². The molecule has 0 spiro atoms. The van der Waals surface area contributed by atoms with Crippen molar-refractivity contribution < 1.29 is 14.0 Å². The van der Waals surface area contributed by atoms with E-state index in [0.29, 0.717) is 12.5 Å². The summed E-state index contributed by atoms with van der Waals surface area (Å²) in [5, 5.41) is 5.49. The minimum atomic E-state index is -0.388. The topological polar surface area (TPSA) is 71.1 Å². The Labute approximate surface area is 146 Å². The zero-order valence-corrected chi connectivity index (χ0v) is 14.4. The molecule has 0 aliphatic carbocycles. The molecule has 1 heterocycles. The van der Waals surface area contributed by atoms with Gasteiger partial charge in [-0.15, -0.1) is 0 Å². The molecule has 132 valence electrons. The Hall–Kier alpha value is -2.76. The summed E-state index contributed by atoms with van der Waals surface area (Å²) in [5.41, 5.74) is 1.15. The first-order valence-electron chi connectivity index (χ1n) is 8.23. The molecule has 0 saturated carbocycles. The lowest BCUT2D eigenvalue weighted by molar-refractivity contribution is 0.0942. The van der Waals surface area contributed by atoms with E-state index in [1.807, 2.05) is 0 Å². The Morgan fingerprint density at radius 2 is 1.60 bits per heavy atom. The Morgan fingerprint density at radius 3 is 2.20 bits per heavy atom. The van der Waals surface area contributed by atoms with Gasteiger partial charge >= 0.3 is 0 Å². The van der Waals surface area contributed by atoms with Crippen molar-refractivity contribution in [3.8, 4) is 0 Å². The van der Waals surface area contributed by atoms with Crippen LogP contribution in [-0.4, -0.2) is 23.3 Å². The van der Waals surface area contributed by atoms with E-state index in [1.54, 1.807) is 30.3 Å². The lowest BCUT2D eigenvalue weighted by atomic mass is 10.1. The van der Waals surface area contributed by atoms with Crippen LogP contribution in [0.4, 0.5) is 4.39 Å². The number of nitrogens with zero attached hydrogens (tertiary/aromatic N) is 1. The van der Waals surface area contributed by atoms with Crippen LogP contribution in [-0.2, 0) is 6.54 Å². The average molecular weight is 343 g/mol. The van der Waals surface area contributed by atoms with Gasteiger partial charge in [0.25, 0.3) is 11.8 Å². The number of nitrogens with one attached hydrogen (secondary N) is 2. The van der Waals surface area contributed by atoms with Crippen molar-refractivity contribution in [2.45, 2.75) is 26.8 Å². The first-order valence-corrected chi connectivity index (χ1v) is 8.23. The smallest absolute Gasteiger partial charge is 0.270 e. The molecule has 0 unspecified atom stereocenters. The molecule has 0 aliphatic rings. The van der Waals surface area contributed by atoms with Crippen LogP contribution in [0.15, 0.2) is 42.5 Å². The Bertz CT molecular complexity index is 730. The number of hydrogen-bond donors (Lipinski definition) is 2. The number of hydrogen-bond acceptors (Lipinski definition) is 3. The maximum atomic E-state index is 12.9. The fourth-order valence-corrected chi connectivity index (χ4v) is 2.13. The predicted octanol–water partition coefficient (Wildman–Crippen LogP) is 2.93. The van der Waals surface area contributed by atoms with E-state index in [4.69, 9.17) is 0 Å². The van der Waals surface area contributed by atoms with Crippen molar-refractivity contribution in [2.24, 2.45) is 5.92 Å². The molecule has 1 aromatic carbocycles. The second-order valence-corrected chi connectivity index (χ2v) is 6.16. The standard InChI is InChI=1S/C19H22FN3O2/c1-13(2)10-11-21-18(24)16-4-3-5-17(23-16)19(25)22-12-14-6-8-15(20)9-7-14/h3-9,13H,10-12H2,1-2H3,(H,21,24)(H,22,25). The van der Waals surface area contributed by atoms with Gasteiger partial charge in [0.15, 0.2) is 0 Å². The molecule has 25 heavy (non-hydrogen) atoms. The molecule has 2 rings (SSSR count). The molecular weight excluding hydrogens is 321 g/mol. The molecule has 0 aliphatic heterocycles. The molecule has 2 N–H and O–H groups in total. The van der Waals surface area contributed by atoms with Gasteiger partial charge in [-0.1, -0.05) is 32.0 Å². The van der Waals surface area contributed by atoms with E-state index < -0.39 is 0 Å². The van der Waals surface area contributed by atoms with Crippen LogP contribution in [0.1, 0.15) is 46.8 Å². The van der Waals surface area contributed by atoms with Gasteiger partial charge in [0, 0.05) is 13.1 Å². The van der Waals surface area contributed by atoms with E-state index in [0.717, 1.165) is 12.0 Å². The number of benzene rings is 1. The fourth-order valence-electron chi connectivity index (χ4n) is 2.13. The number of carbonyl (C=O) groups excluding carboxylic acids is 2. The van der Waals surface area contributed by atoms with Crippen molar-refractivity contribution >= 4 is 11.8 Å². The van der Waals surface area contributed by atoms with Gasteiger partial charge < -0.3 is 10.6 Å². The van der Waals surface area contributed by atoms with Crippen molar-refractivity contribution in [3.05, 3.63) is 65.2 Å². The molecule has 0 saturated heterocycles. The minimum Gasteiger partial charge on any atom is -0.351 e. The molecule has 1 aromatic heterocycles. The zero-order valence-electron chi connectivity index (χ0n) is 14.4. The van der Waals surface area contributed by atoms with Crippen LogP contribution in [0, 0.1) is 11.7 Å². The largest absolute Gasteiger partial charge is 0.351 e. The van der Waals surface area contributed by atoms with E-state index >= 15 is 0 Å². The van der Waals surface area contributed by atoms with Crippen LogP contribution in [0.3, 0.4) is 0 Å². The number of rotatable bonds is 7. The van der Waals surface area contributed by atoms with Crippen molar-refractivity contribution in [1.29, 1.82) is 0 Å². The highest BCUT2D eigenvalue weighted by atomic mass is 19.1. The summed E-state index contributed by atoms with van der Waals surface area (Å²) in [7, 11) is 0. The monoisotopic (exact) mass is 343 g/mol. The van der Waals surface area contributed by atoms with Crippen molar-refractivity contribution in [2.75, 3.05) is 6.54 Å². The first kappa shape index (κ1) is 18.6. The van der Waals surface area contributed by atoms with Crippen LogP contribution < -0.4 is 10.6 Å². The van der Waals surface area contributed by atoms with Crippen molar-refractivity contribution in [1.82, 2.24) is 15.6 Å². The highest BCUT2D eigenvalue weighted by Gasteiger charge is 2.12. The summed E-state index contributed by atoms with van der Waals surface area (Å²) in [4.78, 5) is 28.4. The van der Waals surface area contributed by atoms with Gasteiger partial charge in [0.2, 0.25) is 0 Å². The SMILES string of the molecule is CC(C)CCNC(=O)c1cccc(C(=O)NCc2ccc(F)cc2)n1. The lowest BCUT2D eigenvalue weighted by Gasteiger charge is -2.08. The zero-order chi connectivity index (χ0) is 18.2. The molecular formula is C19H22FN3O2. The second kappa shape index (κ2) is 8.92. The van der Waals surface area contributed by atoms with Crippen LogP contribution in [0.25, 0.3) is 0 Å². The van der Waals surface area contributed by atoms with Gasteiger partial charge in [-0.25, -0.2) is 9.37 Å². The van der Waals surface area contributed by atoms with Gasteiger partial charge in [0.05, 0.1) is 0 Å². The molecule has 0 atom stereocenters. The van der Waals surface area contributed by atoms with Crippen LogP contribution in [0.2, 0.25) is 0 Å².